The van der Waals surface area contributed by atoms with Crippen molar-refractivity contribution in [2.75, 3.05) is 12.3 Å². The molecule has 1 aromatic carbocycles. The van der Waals surface area contributed by atoms with Gasteiger partial charge in [0.25, 0.3) is 0 Å². The Morgan fingerprint density at radius 3 is 2.82 bits per heavy atom. The van der Waals surface area contributed by atoms with Crippen LogP contribution >= 0.6 is 0 Å². The number of anilines is 1. The van der Waals surface area contributed by atoms with E-state index in [0.717, 1.165) is 0 Å². The Hall–Kier alpha value is -2.17. The van der Waals surface area contributed by atoms with E-state index >= 15 is 0 Å². The number of ether oxygens (including phenoxy) is 1. The van der Waals surface area contributed by atoms with Crippen LogP contribution in [-0.4, -0.2) is 21.5 Å². The molecule has 0 aliphatic heterocycles. The molecule has 0 unspecified atom stereocenters. The summed E-state index contributed by atoms with van der Waals surface area (Å²) in [5.41, 5.74) is 7.66. The average Bonchev–Trinajstić information content (AvgIpc) is 2.63. The molecule has 0 spiro atoms. The molecule has 0 aliphatic rings. The lowest BCUT2D eigenvalue weighted by molar-refractivity contribution is 0.318. The molecule has 0 amide bonds. The highest BCUT2D eigenvalue weighted by molar-refractivity contribution is 5.79. The van der Waals surface area contributed by atoms with Crippen LogP contribution in [0.2, 0.25) is 0 Å². The van der Waals surface area contributed by atoms with Gasteiger partial charge in [0.1, 0.15) is 0 Å². The predicted octanol–water partition coefficient (Wildman–Crippen LogP) is 1.77. The van der Waals surface area contributed by atoms with Crippen molar-refractivity contribution < 1.29 is 9.84 Å². The summed E-state index contributed by atoms with van der Waals surface area (Å²) in [4.78, 5) is 0. The summed E-state index contributed by atoms with van der Waals surface area (Å²) >= 11 is 0. The van der Waals surface area contributed by atoms with E-state index < -0.39 is 0 Å². The van der Waals surface area contributed by atoms with Gasteiger partial charge in [-0.05, 0) is 19.1 Å². The summed E-state index contributed by atoms with van der Waals surface area (Å²) in [6.07, 6.45) is 1.56. The molecular weight excluding hydrogens is 218 g/mol. The predicted molar refractivity (Wildman–Crippen MR) is 65.9 cm³/mol. The maximum Gasteiger partial charge on any atom is 0.167 e. The minimum Gasteiger partial charge on any atom is -0.504 e. The van der Waals surface area contributed by atoms with Gasteiger partial charge in [-0.15, -0.1) is 0 Å². The van der Waals surface area contributed by atoms with Crippen LogP contribution in [0.1, 0.15) is 6.92 Å². The molecule has 90 valence electrons. The molecule has 0 aliphatic carbocycles. The van der Waals surface area contributed by atoms with Crippen LogP contribution in [0.3, 0.4) is 0 Å². The molecule has 0 bridgehead atoms. The Labute approximate surface area is 99.4 Å². The fourth-order valence-corrected chi connectivity index (χ4v) is 1.77. The molecule has 0 radical (unpaired) electrons. The van der Waals surface area contributed by atoms with Gasteiger partial charge in [0.05, 0.1) is 24.2 Å². The normalized spacial score (nSPS) is 10.5. The van der Waals surface area contributed by atoms with Gasteiger partial charge in [0.15, 0.2) is 11.5 Å². The number of benzene rings is 1. The van der Waals surface area contributed by atoms with Crippen LogP contribution in [0.15, 0.2) is 24.4 Å². The SMILES string of the molecule is CCOc1cccc(-c2c(N)cnn2C)c1O. The van der Waals surface area contributed by atoms with Gasteiger partial charge < -0.3 is 15.6 Å². The second-order valence-corrected chi connectivity index (χ2v) is 3.66. The van der Waals surface area contributed by atoms with Gasteiger partial charge in [-0.2, -0.15) is 5.10 Å². The zero-order valence-corrected chi connectivity index (χ0v) is 9.84. The van der Waals surface area contributed by atoms with Crippen molar-refractivity contribution in [3.05, 3.63) is 24.4 Å². The number of aromatic hydroxyl groups is 1. The van der Waals surface area contributed by atoms with E-state index in [1.165, 1.54) is 0 Å². The number of nitrogens with two attached hydrogens (primary N) is 1. The average molecular weight is 233 g/mol. The van der Waals surface area contributed by atoms with Crippen LogP contribution in [0.25, 0.3) is 11.3 Å². The van der Waals surface area contributed by atoms with Crippen molar-refractivity contribution in [2.45, 2.75) is 6.92 Å². The fourth-order valence-electron chi connectivity index (χ4n) is 1.77. The van der Waals surface area contributed by atoms with Crippen molar-refractivity contribution in [1.29, 1.82) is 0 Å². The maximum absolute atomic E-state index is 10.1. The molecule has 0 saturated heterocycles. The largest absolute Gasteiger partial charge is 0.504 e. The number of phenolic OH excluding ortho intramolecular Hbond substituents is 1. The van der Waals surface area contributed by atoms with Crippen LogP contribution in [0.5, 0.6) is 11.5 Å². The van der Waals surface area contributed by atoms with Gasteiger partial charge in [-0.1, -0.05) is 6.07 Å². The lowest BCUT2D eigenvalue weighted by Gasteiger charge is -2.10. The van der Waals surface area contributed by atoms with Crippen molar-refractivity contribution >= 4 is 5.69 Å². The Kier molecular flexibility index (Phi) is 2.91. The van der Waals surface area contributed by atoms with Crippen molar-refractivity contribution in [3.8, 4) is 22.8 Å². The highest BCUT2D eigenvalue weighted by Gasteiger charge is 2.15. The van der Waals surface area contributed by atoms with E-state index in [-0.39, 0.29) is 5.75 Å². The first-order valence-electron chi connectivity index (χ1n) is 5.37. The van der Waals surface area contributed by atoms with E-state index in [9.17, 15) is 5.11 Å². The Morgan fingerprint density at radius 2 is 2.24 bits per heavy atom. The highest BCUT2D eigenvalue weighted by Crippen LogP contribution is 2.38. The van der Waals surface area contributed by atoms with Crippen LogP contribution in [0, 0.1) is 0 Å². The van der Waals surface area contributed by atoms with Gasteiger partial charge >= 0.3 is 0 Å². The third-order valence-electron chi connectivity index (χ3n) is 2.52. The third kappa shape index (κ3) is 1.91. The summed E-state index contributed by atoms with van der Waals surface area (Å²) in [6, 6.07) is 5.31. The van der Waals surface area contributed by atoms with E-state index in [4.69, 9.17) is 10.5 Å². The highest BCUT2D eigenvalue weighted by atomic mass is 16.5. The zero-order valence-electron chi connectivity index (χ0n) is 9.84. The molecule has 2 aromatic rings. The van der Waals surface area contributed by atoms with Gasteiger partial charge in [-0.3, -0.25) is 4.68 Å². The third-order valence-corrected chi connectivity index (χ3v) is 2.52. The number of rotatable bonds is 3. The first kappa shape index (κ1) is 11.3. The number of para-hydroxylation sites is 1. The van der Waals surface area contributed by atoms with Crippen LogP contribution in [-0.2, 0) is 7.05 Å². The second kappa shape index (κ2) is 4.37. The Morgan fingerprint density at radius 1 is 1.47 bits per heavy atom. The lowest BCUT2D eigenvalue weighted by atomic mass is 10.1. The number of phenols is 1. The number of hydrogen-bond donors (Lipinski definition) is 2. The summed E-state index contributed by atoms with van der Waals surface area (Å²) in [6.45, 7) is 2.36. The number of hydrogen-bond acceptors (Lipinski definition) is 4. The van der Waals surface area contributed by atoms with Crippen molar-refractivity contribution in [1.82, 2.24) is 9.78 Å². The number of nitrogen functional groups attached to an aromatic ring is 1. The molecule has 1 aromatic heterocycles. The summed E-state index contributed by atoms with van der Waals surface area (Å²) in [5, 5.41) is 14.2. The topological polar surface area (TPSA) is 73.3 Å². The summed E-state index contributed by atoms with van der Waals surface area (Å²) < 4.78 is 6.96. The number of nitrogens with zero attached hydrogens (tertiary/aromatic N) is 2. The van der Waals surface area contributed by atoms with E-state index in [1.54, 1.807) is 30.1 Å². The smallest absolute Gasteiger partial charge is 0.167 e. The van der Waals surface area contributed by atoms with Gasteiger partial charge in [0, 0.05) is 12.6 Å². The maximum atomic E-state index is 10.1. The molecule has 5 nitrogen and oxygen atoms in total. The Balaban J connectivity index is 2.56. The first-order chi connectivity index (χ1) is 8.15. The Bertz CT molecular complexity index is 515. The molecule has 3 N–H and O–H groups in total. The minimum atomic E-state index is 0.0876. The molecule has 0 fully saturated rings. The molecule has 17 heavy (non-hydrogen) atoms. The molecule has 2 rings (SSSR count). The van der Waals surface area contributed by atoms with Crippen LogP contribution in [0.4, 0.5) is 5.69 Å². The molecular formula is C12H15N3O2. The monoisotopic (exact) mass is 233 g/mol. The second-order valence-electron chi connectivity index (χ2n) is 3.66. The number of aromatic nitrogens is 2. The van der Waals surface area contributed by atoms with E-state index in [0.29, 0.717) is 29.3 Å². The fraction of sp³-hybridized carbons (Fsp3) is 0.250. The lowest BCUT2D eigenvalue weighted by Crippen LogP contribution is -1.98. The van der Waals surface area contributed by atoms with Gasteiger partial charge in [0.2, 0.25) is 0 Å². The quantitative estimate of drug-likeness (QED) is 0.847. The minimum absolute atomic E-state index is 0.0876. The van der Waals surface area contributed by atoms with Crippen molar-refractivity contribution in [3.63, 3.8) is 0 Å². The van der Waals surface area contributed by atoms with Crippen LogP contribution < -0.4 is 10.5 Å². The molecule has 0 atom stereocenters. The van der Waals surface area contributed by atoms with Crippen molar-refractivity contribution in [2.24, 2.45) is 7.05 Å². The number of aryl methyl sites for hydroxylation is 1. The summed E-state index contributed by atoms with van der Waals surface area (Å²) in [5.74, 6) is 0.537. The summed E-state index contributed by atoms with van der Waals surface area (Å²) in [7, 11) is 1.78. The zero-order chi connectivity index (χ0) is 12.4. The molecule has 5 heteroatoms. The van der Waals surface area contributed by atoms with Gasteiger partial charge in [-0.25, -0.2) is 0 Å². The first-order valence-corrected chi connectivity index (χ1v) is 5.37. The molecule has 0 saturated carbocycles. The molecule has 1 heterocycles. The van der Waals surface area contributed by atoms with E-state index in [1.807, 2.05) is 13.0 Å². The van der Waals surface area contributed by atoms with E-state index in [2.05, 4.69) is 5.10 Å². The standard InChI is InChI=1S/C12H15N3O2/c1-3-17-10-6-4-5-8(12(10)16)11-9(13)7-14-15(11)2/h4-7,16H,3,13H2,1-2H3.